The van der Waals surface area contributed by atoms with Gasteiger partial charge in [-0.15, -0.1) is 0 Å². The summed E-state index contributed by atoms with van der Waals surface area (Å²) >= 11 is 0. The van der Waals surface area contributed by atoms with E-state index in [0.717, 1.165) is 17.4 Å². The summed E-state index contributed by atoms with van der Waals surface area (Å²) in [4.78, 5) is 10.7. The Bertz CT molecular complexity index is 439. The minimum atomic E-state index is -0.401. The van der Waals surface area contributed by atoms with Crippen molar-refractivity contribution in [1.29, 1.82) is 0 Å². The van der Waals surface area contributed by atoms with Gasteiger partial charge in [-0.2, -0.15) is 0 Å². The van der Waals surface area contributed by atoms with Crippen LogP contribution >= 0.6 is 0 Å². The Balaban J connectivity index is 1.97. The minimum absolute atomic E-state index is 0.401. The van der Waals surface area contributed by atoms with Crippen molar-refractivity contribution < 1.29 is 4.79 Å². The summed E-state index contributed by atoms with van der Waals surface area (Å²) in [7, 11) is 0. The Morgan fingerprint density at radius 1 is 1.21 bits per heavy atom. The van der Waals surface area contributed by atoms with Gasteiger partial charge in [0.25, 0.3) is 0 Å². The molecule has 0 saturated heterocycles. The van der Waals surface area contributed by atoms with E-state index in [1.807, 2.05) is 0 Å². The number of amides is 1. The number of carbonyl (C=O) groups is 1. The normalized spacial score (nSPS) is 23.6. The molecular formula is C17H23NO. The van der Waals surface area contributed by atoms with Gasteiger partial charge in [-0.25, -0.2) is 0 Å². The zero-order valence-corrected chi connectivity index (χ0v) is 11.6. The minimum Gasteiger partial charge on any atom is -0.366 e. The van der Waals surface area contributed by atoms with E-state index < -0.39 is 5.91 Å². The SMILES string of the molecule is CCC1CCC(c2ccc(/C=C/C(N)=O)cc2)CC1. The molecular weight excluding hydrogens is 234 g/mol. The summed E-state index contributed by atoms with van der Waals surface area (Å²) in [6.07, 6.45) is 9.85. The van der Waals surface area contributed by atoms with Crippen LogP contribution < -0.4 is 5.73 Å². The van der Waals surface area contributed by atoms with Gasteiger partial charge in [0.2, 0.25) is 5.91 Å². The predicted molar refractivity (Wildman–Crippen MR) is 79.7 cm³/mol. The van der Waals surface area contributed by atoms with Crippen molar-refractivity contribution in [3.05, 3.63) is 41.5 Å². The molecule has 1 aliphatic rings. The van der Waals surface area contributed by atoms with Crippen LogP contribution in [0.5, 0.6) is 0 Å². The van der Waals surface area contributed by atoms with Crippen molar-refractivity contribution in [2.45, 2.75) is 44.9 Å². The largest absolute Gasteiger partial charge is 0.366 e. The molecule has 1 aromatic rings. The standard InChI is InChI=1S/C17H23NO/c1-2-13-3-8-15(9-4-13)16-10-5-14(6-11-16)7-12-17(18)19/h5-7,10-13,15H,2-4,8-9H2,1H3,(H2,18,19)/b12-7+. The Hall–Kier alpha value is -1.57. The molecule has 2 nitrogen and oxygen atoms in total. The number of hydrogen-bond acceptors (Lipinski definition) is 1. The molecule has 1 aliphatic carbocycles. The molecule has 2 rings (SSSR count). The maximum atomic E-state index is 10.7. The van der Waals surface area contributed by atoms with Gasteiger partial charge in [-0.3, -0.25) is 4.79 Å². The average Bonchev–Trinajstić information content (AvgIpc) is 2.46. The number of nitrogens with two attached hydrogens (primary N) is 1. The van der Waals surface area contributed by atoms with Crippen LogP contribution in [0.1, 0.15) is 56.1 Å². The molecule has 0 aliphatic heterocycles. The van der Waals surface area contributed by atoms with Gasteiger partial charge >= 0.3 is 0 Å². The van der Waals surface area contributed by atoms with Crippen molar-refractivity contribution in [3.8, 4) is 0 Å². The van der Waals surface area contributed by atoms with Crippen LogP contribution in [0.25, 0.3) is 6.08 Å². The van der Waals surface area contributed by atoms with Crippen LogP contribution in [0.2, 0.25) is 0 Å². The number of carbonyl (C=O) groups excluding carboxylic acids is 1. The highest BCUT2D eigenvalue weighted by molar-refractivity contribution is 5.90. The third-order valence-electron chi connectivity index (χ3n) is 4.27. The lowest BCUT2D eigenvalue weighted by molar-refractivity contribution is -0.113. The summed E-state index contributed by atoms with van der Waals surface area (Å²) in [6.45, 7) is 2.30. The number of benzene rings is 1. The third kappa shape index (κ3) is 3.95. The van der Waals surface area contributed by atoms with E-state index in [2.05, 4.69) is 31.2 Å². The van der Waals surface area contributed by atoms with E-state index in [9.17, 15) is 4.79 Å². The van der Waals surface area contributed by atoms with Crippen LogP contribution in [-0.2, 0) is 4.79 Å². The molecule has 19 heavy (non-hydrogen) atoms. The summed E-state index contributed by atoms with van der Waals surface area (Å²) in [5.74, 6) is 1.26. The van der Waals surface area contributed by atoms with Crippen LogP contribution in [0.3, 0.4) is 0 Å². The van der Waals surface area contributed by atoms with Crippen molar-refractivity contribution in [3.63, 3.8) is 0 Å². The van der Waals surface area contributed by atoms with Crippen molar-refractivity contribution in [1.82, 2.24) is 0 Å². The van der Waals surface area contributed by atoms with E-state index in [1.54, 1.807) is 6.08 Å². The first-order chi connectivity index (χ1) is 9.19. The van der Waals surface area contributed by atoms with E-state index >= 15 is 0 Å². The fourth-order valence-electron chi connectivity index (χ4n) is 2.96. The molecule has 102 valence electrons. The molecule has 1 amide bonds. The van der Waals surface area contributed by atoms with E-state index in [4.69, 9.17) is 5.73 Å². The molecule has 0 unspecified atom stereocenters. The van der Waals surface area contributed by atoms with Gasteiger partial charge in [-0.05, 0) is 54.7 Å². The molecule has 1 fully saturated rings. The van der Waals surface area contributed by atoms with E-state index in [1.165, 1.54) is 43.7 Å². The lowest BCUT2D eigenvalue weighted by Crippen LogP contribution is -2.12. The van der Waals surface area contributed by atoms with E-state index in [-0.39, 0.29) is 0 Å². The molecule has 1 saturated carbocycles. The molecule has 2 N–H and O–H groups in total. The zero-order valence-electron chi connectivity index (χ0n) is 11.6. The smallest absolute Gasteiger partial charge is 0.241 e. The second-order valence-corrected chi connectivity index (χ2v) is 5.53. The van der Waals surface area contributed by atoms with Gasteiger partial charge in [0.1, 0.15) is 0 Å². The van der Waals surface area contributed by atoms with Gasteiger partial charge < -0.3 is 5.73 Å². The topological polar surface area (TPSA) is 43.1 Å². The summed E-state index contributed by atoms with van der Waals surface area (Å²) in [5, 5.41) is 0. The van der Waals surface area contributed by atoms with Gasteiger partial charge in [0.15, 0.2) is 0 Å². The van der Waals surface area contributed by atoms with Gasteiger partial charge in [0, 0.05) is 6.08 Å². The number of primary amides is 1. The second kappa shape index (κ2) is 6.55. The first-order valence-corrected chi connectivity index (χ1v) is 7.26. The Kier molecular flexibility index (Phi) is 4.78. The zero-order chi connectivity index (χ0) is 13.7. The number of rotatable bonds is 4. The molecule has 0 radical (unpaired) electrons. The first-order valence-electron chi connectivity index (χ1n) is 7.26. The lowest BCUT2D eigenvalue weighted by atomic mass is 9.78. The predicted octanol–water partition coefficient (Wildman–Crippen LogP) is 3.87. The molecule has 1 aromatic carbocycles. The monoisotopic (exact) mass is 257 g/mol. The van der Waals surface area contributed by atoms with Crippen LogP contribution in [0.15, 0.2) is 30.3 Å². The van der Waals surface area contributed by atoms with Crippen molar-refractivity contribution in [2.75, 3.05) is 0 Å². The molecule has 0 spiro atoms. The molecule has 0 aromatic heterocycles. The first kappa shape index (κ1) is 13.9. The summed E-state index contributed by atoms with van der Waals surface area (Å²) in [6, 6.07) is 8.52. The van der Waals surface area contributed by atoms with Crippen molar-refractivity contribution in [2.24, 2.45) is 11.7 Å². The Morgan fingerprint density at radius 3 is 2.37 bits per heavy atom. The van der Waals surface area contributed by atoms with Crippen LogP contribution in [-0.4, -0.2) is 5.91 Å². The quantitative estimate of drug-likeness (QED) is 0.817. The molecule has 0 atom stereocenters. The maximum Gasteiger partial charge on any atom is 0.241 e. The summed E-state index contributed by atoms with van der Waals surface area (Å²) < 4.78 is 0. The average molecular weight is 257 g/mol. The van der Waals surface area contributed by atoms with Crippen molar-refractivity contribution >= 4 is 12.0 Å². The van der Waals surface area contributed by atoms with Gasteiger partial charge in [-0.1, -0.05) is 37.6 Å². The van der Waals surface area contributed by atoms with Gasteiger partial charge in [0.05, 0.1) is 0 Å². The highest BCUT2D eigenvalue weighted by atomic mass is 16.1. The molecule has 0 heterocycles. The Morgan fingerprint density at radius 2 is 1.84 bits per heavy atom. The van der Waals surface area contributed by atoms with E-state index in [0.29, 0.717) is 0 Å². The van der Waals surface area contributed by atoms with Crippen LogP contribution in [0, 0.1) is 5.92 Å². The molecule has 0 bridgehead atoms. The Labute approximate surface area is 115 Å². The maximum absolute atomic E-state index is 10.7. The third-order valence-corrected chi connectivity index (χ3v) is 4.27. The number of hydrogen-bond donors (Lipinski definition) is 1. The highest BCUT2D eigenvalue weighted by Gasteiger charge is 2.20. The lowest BCUT2D eigenvalue weighted by Gasteiger charge is -2.28. The fourth-order valence-corrected chi connectivity index (χ4v) is 2.96. The fraction of sp³-hybridized carbons (Fsp3) is 0.471. The highest BCUT2D eigenvalue weighted by Crippen LogP contribution is 2.36. The molecule has 2 heteroatoms. The second-order valence-electron chi connectivity index (χ2n) is 5.53. The van der Waals surface area contributed by atoms with Crippen LogP contribution in [0.4, 0.5) is 0 Å². The summed E-state index contributed by atoms with van der Waals surface area (Å²) in [5.41, 5.74) is 7.56.